The van der Waals surface area contributed by atoms with Crippen molar-refractivity contribution in [3.05, 3.63) is 101 Å². The Morgan fingerprint density at radius 1 is 0.933 bits per heavy atom. The van der Waals surface area contributed by atoms with Gasteiger partial charge >= 0.3 is 0 Å². The highest BCUT2D eigenvalue weighted by molar-refractivity contribution is 6.32. The predicted octanol–water partition coefficient (Wildman–Crippen LogP) is 6.83. The van der Waals surface area contributed by atoms with E-state index in [2.05, 4.69) is 23.5 Å². The van der Waals surface area contributed by atoms with Gasteiger partial charge < -0.3 is 14.8 Å². The van der Waals surface area contributed by atoms with Crippen LogP contribution in [0.15, 0.2) is 78.9 Å². The second kappa shape index (κ2) is 9.06. The van der Waals surface area contributed by atoms with Crippen LogP contribution in [0.2, 0.25) is 5.02 Å². The minimum Gasteiger partial charge on any atom is -0.493 e. The van der Waals surface area contributed by atoms with E-state index in [0.29, 0.717) is 29.7 Å². The zero-order valence-electron chi connectivity index (χ0n) is 16.5. The molecule has 0 bridgehead atoms. The van der Waals surface area contributed by atoms with Crippen molar-refractivity contribution < 1.29 is 13.9 Å². The lowest BCUT2D eigenvalue weighted by Crippen LogP contribution is -2.03. The molecule has 4 aromatic rings. The van der Waals surface area contributed by atoms with Crippen LogP contribution in [-0.2, 0) is 13.2 Å². The molecule has 0 aliphatic rings. The van der Waals surface area contributed by atoms with E-state index in [-0.39, 0.29) is 5.82 Å². The number of rotatable bonds is 7. The second-order valence-electron chi connectivity index (χ2n) is 6.90. The third-order valence-corrected chi connectivity index (χ3v) is 5.16. The van der Waals surface area contributed by atoms with Crippen LogP contribution in [0.4, 0.5) is 10.1 Å². The molecule has 0 aliphatic carbocycles. The van der Waals surface area contributed by atoms with Crippen LogP contribution in [0.1, 0.15) is 11.1 Å². The lowest BCUT2D eigenvalue weighted by molar-refractivity contribution is 0.285. The summed E-state index contributed by atoms with van der Waals surface area (Å²) in [5.41, 5.74) is 2.83. The van der Waals surface area contributed by atoms with E-state index in [1.54, 1.807) is 19.2 Å². The lowest BCUT2D eigenvalue weighted by atomic mass is 10.1. The molecule has 0 aromatic heterocycles. The van der Waals surface area contributed by atoms with Gasteiger partial charge in [0.2, 0.25) is 0 Å². The Hall–Kier alpha value is -3.24. The van der Waals surface area contributed by atoms with Gasteiger partial charge in [-0.3, -0.25) is 0 Å². The van der Waals surface area contributed by atoms with Gasteiger partial charge in [-0.15, -0.1) is 0 Å². The van der Waals surface area contributed by atoms with Crippen molar-refractivity contribution in [2.24, 2.45) is 0 Å². The Kier molecular flexibility index (Phi) is 6.05. The van der Waals surface area contributed by atoms with Crippen LogP contribution >= 0.6 is 11.6 Å². The fraction of sp³-hybridized carbons (Fsp3) is 0.120. The van der Waals surface area contributed by atoms with Crippen LogP contribution in [0, 0.1) is 5.82 Å². The van der Waals surface area contributed by atoms with Gasteiger partial charge in [0.25, 0.3) is 0 Å². The average Bonchev–Trinajstić information content (AvgIpc) is 2.77. The summed E-state index contributed by atoms with van der Waals surface area (Å²) >= 11 is 6.52. The minimum absolute atomic E-state index is 0.266. The first-order chi connectivity index (χ1) is 14.6. The first-order valence-corrected chi connectivity index (χ1v) is 9.97. The first-order valence-electron chi connectivity index (χ1n) is 9.59. The number of benzene rings is 4. The summed E-state index contributed by atoms with van der Waals surface area (Å²) in [5.74, 6) is 0.814. The predicted molar refractivity (Wildman–Crippen MR) is 120 cm³/mol. The Bertz CT molecular complexity index is 1160. The van der Waals surface area contributed by atoms with Crippen LogP contribution in [0.25, 0.3) is 10.8 Å². The molecule has 0 heterocycles. The molecule has 152 valence electrons. The molecule has 1 N–H and O–H groups in total. The van der Waals surface area contributed by atoms with Gasteiger partial charge in [0, 0.05) is 12.2 Å². The van der Waals surface area contributed by atoms with Crippen molar-refractivity contribution in [3.8, 4) is 11.5 Å². The van der Waals surface area contributed by atoms with Gasteiger partial charge in [0.1, 0.15) is 12.4 Å². The molecule has 0 saturated heterocycles. The SMILES string of the molecule is COc1cc(CNc2ccc(F)cc2)cc(Cl)c1OCc1cccc2ccccc12. The molecule has 0 fully saturated rings. The summed E-state index contributed by atoms with van der Waals surface area (Å²) in [6.07, 6.45) is 0. The van der Waals surface area contributed by atoms with E-state index >= 15 is 0 Å². The summed E-state index contributed by atoms with van der Waals surface area (Å²) in [6, 6.07) is 24.3. The van der Waals surface area contributed by atoms with E-state index in [4.69, 9.17) is 21.1 Å². The topological polar surface area (TPSA) is 30.5 Å². The molecule has 3 nitrogen and oxygen atoms in total. The van der Waals surface area contributed by atoms with Crippen molar-refractivity contribution in [2.75, 3.05) is 12.4 Å². The molecule has 0 saturated carbocycles. The highest BCUT2D eigenvalue weighted by atomic mass is 35.5. The molecule has 4 rings (SSSR count). The van der Waals surface area contributed by atoms with Gasteiger partial charge in [-0.25, -0.2) is 4.39 Å². The van der Waals surface area contributed by atoms with Crippen LogP contribution in [0.3, 0.4) is 0 Å². The third kappa shape index (κ3) is 4.50. The normalized spacial score (nSPS) is 10.8. The van der Waals surface area contributed by atoms with Gasteiger partial charge in [0.15, 0.2) is 11.5 Å². The zero-order valence-corrected chi connectivity index (χ0v) is 17.2. The van der Waals surface area contributed by atoms with Crippen LogP contribution in [0.5, 0.6) is 11.5 Å². The molecule has 0 unspecified atom stereocenters. The maximum absolute atomic E-state index is 13.1. The van der Waals surface area contributed by atoms with E-state index in [1.807, 2.05) is 36.4 Å². The monoisotopic (exact) mass is 421 g/mol. The zero-order chi connectivity index (χ0) is 20.9. The van der Waals surface area contributed by atoms with E-state index in [1.165, 1.54) is 17.5 Å². The molecule has 0 aliphatic heterocycles. The van der Waals surface area contributed by atoms with Crippen molar-refractivity contribution in [1.82, 2.24) is 0 Å². The van der Waals surface area contributed by atoms with Gasteiger partial charge in [-0.05, 0) is 58.3 Å². The first kappa shape index (κ1) is 20.0. The smallest absolute Gasteiger partial charge is 0.180 e. The second-order valence-corrected chi connectivity index (χ2v) is 7.30. The lowest BCUT2D eigenvalue weighted by Gasteiger charge is -2.16. The molecule has 5 heteroatoms. The minimum atomic E-state index is -0.266. The fourth-order valence-electron chi connectivity index (χ4n) is 3.36. The van der Waals surface area contributed by atoms with Gasteiger partial charge in [-0.1, -0.05) is 54.1 Å². The number of nitrogens with one attached hydrogen (secondary N) is 1. The Morgan fingerprint density at radius 3 is 2.50 bits per heavy atom. The Morgan fingerprint density at radius 2 is 1.70 bits per heavy atom. The van der Waals surface area contributed by atoms with Crippen molar-refractivity contribution >= 4 is 28.1 Å². The van der Waals surface area contributed by atoms with Gasteiger partial charge in [-0.2, -0.15) is 0 Å². The van der Waals surface area contributed by atoms with Crippen LogP contribution < -0.4 is 14.8 Å². The summed E-state index contributed by atoms with van der Waals surface area (Å²) in [5, 5.41) is 6.03. The number of hydrogen-bond acceptors (Lipinski definition) is 3. The third-order valence-electron chi connectivity index (χ3n) is 4.88. The largest absolute Gasteiger partial charge is 0.493 e. The molecule has 0 radical (unpaired) electrons. The van der Waals surface area contributed by atoms with Crippen molar-refractivity contribution in [1.29, 1.82) is 0 Å². The highest BCUT2D eigenvalue weighted by Gasteiger charge is 2.13. The maximum Gasteiger partial charge on any atom is 0.180 e. The number of methoxy groups -OCH3 is 1. The number of fused-ring (bicyclic) bond motifs is 1. The number of anilines is 1. The van der Waals surface area contributed by atoms with E-state index < -0.39 is 0 Å². The Balaban J connectivity index is 1.51. The Labute approximate surface area is 180 Å². The molecule has 0 atom stereocenters. The van der Waals surface area contributed by atoms with Crippen molar-refractivity contribution in [3.63, 3.8) is 0 Å². The molecular formula is C25H21ClFNO2. The number of halogens is 2. The molecule has 0 amide bonds. The molecule has 0 spiro atoms. The van der Waals surface area contributed by atoms with Gasteiger partial charge in [0.05, 0.1) is 12.1 Å². The number of ether oxygens (including phenoxy) is 2. The molecule has 30 heavy (non-hydrogen) atoms. The maximum atomic E-state index is 13.1. The van der Waals surface area contributed by atoms with Crippen LogP contribution in [-0.4, -0.2) is 7.11 Å². The van der Waals surface area contributed by atoms with E-state index in [0.717, 1.165) is 22.2 Å². The van der Waals surface area contributed by atoms with E-state index in [9.17, 15) is 4.39 Å². The highest BCUT2D eigenvalue weighted by Crippen LogP contribution is 2.37. The average molecular weight is 422 g/mol. The standard InChI is InChI=1S/C25H21ClFNO2/c1-29-24-14-17(15-28-21-11-9-20(27)10-12-21)13-23(26)25(24)30-16-19-7-4-6-18-5-2-3-8-22(18)19/h2-14,28H,15-16H2,1H3. The summed E-state index contributed by atoms with van der Waals surface area (Å²) in [4.78, 5) is 0. The summed E-state index contributed by atoms with van der Waals surface area (Å²) in [6.45, 7) is 0.899. The molecule has 4 aromatic carbocycles. The van der Waals surface area contributed by atoms with Crippen molar-refractivity contribution in [2.45, 2.75) is 13.2 Å². The quantitative estimate of drug-likeness (QED) is 0.354. The summed E-state index contributed by atoms with van der Waals surface area (Å²) in [7, 11) is 1.59. The molecular weight excluding hydrogens is 401 g/mol. The summed E-state index contributed by atoms with van der Waals surface area (Å²) < 4.78 is 24.6. The fourth-order valence-corrected chi connectivity index (χ4v) is 3.64. The number of hydrogen-bond donors (Lipinski definition) is 1.